The first-order valence-corrected chi connectivity index (χ1v) is 8.76. The summed E-state index contributed by atoms with van der Waals surface area (Å²) in [5, 5.41) is 5.16. The van der Waals surface area contributed by atoms with Gasteiger partial charge < -0.3 is 19.0 Å². The zero-order chi connectivity index (χ0) is 18.4. The predicted octanol–water partition coefficient (Wildman–Crippen LogP) is 3.09. The quantitative estimate of drug-likeness (QED) is 0.605. The molecule has 1 N–H and O–H groups in total. The second-order valence-electron chi connectivity index (χ2n) is 6.70. The van der Waals surface area contributed by atoms with Crippen LogP contribution < -0.4 is 10.3 Å². The maximum absolute atomic E-state index is 12.6. The van der Waals surface area contributed by atoms with E-state index in [-0.39, 0.29) is 11.6 Å². The summed E-state index contributed by atoms with van der Waals surface area (Å²) in [6.45, 7) is 1.37. The van der Waals surface area contributed by atoms with Gasteiger partial charge >= 0.3 is 0 Å². The lowest BCUT2D eigenvalue weighted by Gasteiger charge is -2.25. The highest BCUT2D eigenvalue weighted by atomic mass is 16.5. The van der Waals surface area contributed by atoms with E-state index in [1.54, 1.807) is 19.4 Å². The molecule has 0 aliphatic carbocycles. The minimum absolute atomic E-state index is 0.101. The molecule has 136 valence electrons. The molecule has 7 nitrogen and oxygen atoms in total. The SMILES string of the molecule is Cn1cc(Oc2ccccc2)c2cc(-c3cnn(C4COC4)c3)[nH]c2c1=O. The van der Waals surface area contributed by atoms with Gasteiger partial charge in [0.25, 0.3) is 5.56 Å². The van der Waals surface area contributed by atoms with Crippen LogP contribution in [0.25, 0.3) is 22.2 Å². The molecule has 0 saturated carbocycles. The van der Waals surface area contributed by atoms with Gasteiger partial charge in [-0.2, -0.15) is 5.10 Å². The number of pyridine rings is 1. The topological polar surface area (TPSA) is 74.1 Å². The lowest BCUT2D eigenvalue weighted by molar-refractivity contribution is -0.0286. The van der Waals surface area contributed by atoms with Crippen LogP contribution in [-0.4, -0.2) is 32.5 Å². The van der Waals surface area contributed by atoms with Crippen molar-refractivity contribution in [2.75, 3.05) is 13.2 Å². The van der Waals surface area contributed by atoms with Crippen LogP contribution in [0.2, 0.25) is 0 Å². The maximum atomic E-state index is 12.6. The minimum atomic E-state index is -0.101. The summed E-state index contributed by atoms with van der Waals surface area (Å²) in [6.07, 6.45) is 5.48. The summed E-state index contributed by atoms with van der Waals surface area (Å²) < 4.78 is 14.7. The van der Waals surface area contributed by atoms with Crippen molar-refractivity contribution in [1.82, 2.24) is 19.3 Å². The Labute approximate surface area is 154 Å². The number of aromatic amines is 1. The largest absolute Gasteiger partial charge is 0.455 e. The Morgan fingerprint density at radius 1 is 1.22 bits per heavy atom. The Bertz CT molecular complexity index is 1170. The molecule has 0 atom stereocenters. The number of para-hydroxylation sites is 1. The predicted molar refractivity (Wildman–Crippen MR) is 101 cm³/mol. The number of nitrogens with zero attached hydrogens (tertiary/aromatic N) is 3. The highest BCUT2D eigenvalue weighted by Gasteiger charge is 2.22. The van der Waals surface area contributed by atoms with E-state index < -0.39 is 0 Å². The fraction of sp³-hybridized carbons (Fsp3) is 0.200. The number of hydrogen-bond donors (Lipinski definition) is 1. The van der Waals surface area contributed by atoms with Gasteiger partial charge in [0, 0.05) is 24.5 Å². The fourth-order valence-electron chi connectivity index (χ4n) is 3.20. The monoisotopic (exact) mass is 362 g/mol. The van der Waals surface area contributed by atoms with Gasteiger partial charge in [-0.3, -0.25) is 9.48 Å². The summed E-state index contributed by atoms with van der Waals surface area (Å²) in [6, 6.07) is 11.7. The summed E-state index contributed by atoms with van der Waals surface area (Å²) in [4.78, 5) is 15.8. The summed E-state index contributed by atoms with van der Waals surface area (Å²) in [5.41, 5.74) is 2.17. The van der Waals surface area contributed by atoms with E-state index >= 15 is 0 Å². The Morgan fingerprint density at radius 3 is 2.78 bits per heavy atom. The molecule has 27 heavy (non-hydrogen) atoms. The van der Waals surface area contributed by atoms with E-state index in [0.29, 0.717) is 24.5 Å². The fourth-order valence-corrected chi connectivity index (χ4v) is 3.20. The molecule has 0 unspecified atom stereocenters. The van der Waals surface area contributed by atoms with Gasteiger partial charge in [0.15, 0.2) is 5.75 Å². The molecular formula is C20H18N4O3. The van der Waals surface area contributed by atoms with Crippen molar-refractivity contribution < 1.29 is 9.47 Å². The number of H-pyrrole nitrogens is 1. The molecule has 7 heteroatoms. The van der Waals surface area contributed by atoms with Crippen LogP contribution in [0.4, 0.5) is 0 Å². The van der Waals surface area contributed by atoms with E-state index in [1.165, 1.54) is 4.57 Å². The van der Waals surface area contributed by atoms with Crippen molar-refractivity contribution in [2.45, 2.75) is 6.04 Å². The zero-order valence-corrected chi connectivity index (χ0v) is 14.8. The average Bonchev–Trinajstić information content (AvgIpc) is 3.26. The first-order chi connectivity index (χ1) is 13.2. The second-order valence-corrected chi connectivity index (χ2v) is 6.70. The number of nitrogens with one attached hydrogen (secondary N) is 1. The Hall–Kier alpha value is -3.32. The second kappa shape index (κ2) is 6.14. The summed E-state index contributed by atoms with van der Waals surface area (Å²) >= 11 is 0. The van der Waals surface area contributed by atoms with Gasteiger partial charge in [0.05, 0.1) is 37.0 Å². The molecule has 1 fully saturated rings. The van der Waals surface area contributed by atoms with Crippen LogP contribution in [-0.2, 0) is 11.8 Å². The van der Waals surface area contributed by atoms with Crippen molar-refractivity contribution in [3.8, 4) is 22.8 Å². The van der Waals surface area contributed by atoms with E-state index in [9.17, 15) is 4.79 Å². The number of ether oxygens (including phenoxy) is 2. The van der Waals surface area contributed by atoms with Gasteiger partial charge in [0.2, 0.25) is 0 Å². The van der Waals surface area contributed by atoms with E-state index in [2.05, 4.69) is 10.1 Å². The van der Waals surface area contributed by atoms with Crippen LogP contribution in [0.15, 0.2) is 59.8 Å². The number of fused-ring (bicyclic) bond motifs is 1. The van der Waals surface area contributed by atoms with Crippen LogP contribution in [0, 0.1) is 0 Å². The van der Waals surface area contributed by atoms with Crippen LogP contribution in [0.1, 0.15) is 6.04 Å². The number of rotatable bonds is 4. The van der Waals surface area contributed by atoms with E-state index in [4.69, 9.17) is 9.47 Å². The maximum Gasteiger partial charge on any atom is 0.274 e. The number of aryl methyl sites for hydroxylation is 1. The van der Waals surface area contributed by atoms with Crippen molar-refractivity contribution in [3.63, 3.8) is 0 Å². The Balaban J connectivity index is 1.59. The van der Waals surface area contributed by atoms with Crippen molar-refractivity contribution in [2.24, 2.45) is 7.05 Å². The van der Waals surface area contributed by atoms with Gasteiger partial charge in [0.1, 0.15) is 11.3 Å². The molecule has 1 saturated heterocycles. The molecule has 0 bridgehead atoms. The third kappa shape index (κ3) is 2.72. The molecule has 4 heterocycles. The van der Waals surface area contributed by atoms with Crippen LogP contribution in [0.3, 0.4) is 0 Å². The first-order valence-electron chi connectivity index (χ1n) is 8.76. The number of benzene rings is 1. The molecule has 5 rings (SSSR count). The molecule has 0 radical (unpaired) electrons. The molecule has 3 aromatic heterocycles. The lowest BCUT2D eigenvalue weighted by Crippen LogP contribution is -2.30. The highest BCUT2D eigenvalue weighted by Crippen LogP contribution is 2.32. The standard InChI is InChI=1S/C20H18N4O3/c1-23-10-18(27-15-5-3-2-4-6-15)16-7-17(22-19(16)20(23)25)13-8-21-24(9-13)14-11-26-12-14/h2-10,14,22H,11-12H2,1H3. The molecule has 0 spiro atoms. The van der Waals surface area contributed by atoms with Gasteiger partial charge in [-0.1, -0.05) is 18.2 Å². The third-order valence-electron chi connectivity index (χ3n) is 4.81. The Morgan fingerprint density at radius 2 is 2.04 bits per heavy atom. The zero-order valence-electron chi connectivity index (χ0n) is 14.8. The molecule has 1 aliphatic heterocycles. The first kappa shape index (κ1) is 15.9. The third-order valence-corrected chi connectivity index (χ3v) is 4.81. The van der Waals surface area contributed by atoms with E-state index in [1.807, 2.05) is 47.3 Å². The van der Waals surface area contributed by atoms with E-state index in [0.717, 1.165) is 22.4 Å². The normalized spacial score (nSPS) is 14.4. The van der Waals surface area contributed by atoms with Crippen LogP contribution in [0.5, 0.6) is 11.5 Å². The smallest absolute Gasteiger partial charge is 0.274 e. The molecule has 4 aromatic rings. The van der Waals surface area contributed by atoms with Gasteiger partial charge in [-0.25, -0.2) is 0 Å². The molecule has 0 amide bonds. The number of aromatic nitrogens is 4. The lowest BCUT2D eigenvalue weighted by atomic mass is 10.2. The average molecular weight is 362 g/mol. The van der Waals surface area contributed by atoms with Gasteiger partial charge in [-0.05, 0) is 18.2 Å². The summed E-state index contributed by atoms with van der Waals surface area (Å²) in [5.74, 6) is 1.35. The van der Waals surface area contributed by atoms with Crippen molar-refractivity contribution in [1.29, 1.82) is 0 Å². The summed E-state index contributed by atoms with van der Waals surface area (Å²) in [7, 11) is 1.72. The molecule has 1 aliphatic rings. The Kier molecular flexibility index (Phi) is 3.61. The van der Waals surface area contributed by atoms with Crippen LogP contribution >= 0.6 is 0 Å². The van der Waals surface area contributed by atoms with Gasteiger partial charge in [-0.15, -0.1) is 0 Å². The highest BCUT2D eigenvalue weighted by molar-refractivity contribution is 5.90. The molecule has 1 aromatic carbocycles. The van der Waals surface area contributed by atoms with Crippen molar-refractivity contribution in [3.05, 3.63) is 65.3 Å². The minimum Gasteiger partial charge on any atom is -0.455 e. The number of hydrogen-bond acceptors (Lipinski definition) is 4. The molecular weight excluding hydrogens is 344 g/mol. The van der Waals surface area contributed by atoms with Crippen molar-refractivity contribution >= 4 is 10.9 Å².